The van der Waals surface area contributed by atoms with E-state index in [2.05, 4.69) is 4.74 Å². The van der Waals surface area contributed by atoms with Crippen molar-refractivity contribution in [1.82, 2.24) is 0 Å². The van der Waals surface area contributed by atoms with E-state index in [1.807, 2.05) is 0 Å². The second-order valence-electron chi connectivity index (χ2n) is 1.29. The van der Waals surface area contributed by atoms with Gasteiger partial charge in [0.25, 0.3) is 0 Å². The summed E-state index contributed by atoms with van der Waals surface area (Å²) >= 11 is 0. The standard InChI is InChI=1S/C5H3O3/c6-4-1-2-8-3-5(4)7/h1-3H. The van der Waals surface area contributed by atoms with Crippen LogP contribution in [0.5, 0.6) is 0 Å². The molecular formula is C5H3O3. The molecule has 1 aliphatic heterocycles. The summed E-state index contributed by atoms with van der Waals surface area (Å²) in [4.78, 5) is 20.5. The lowest BCUT2D eigenvalue weighted by molar-refractivity contribution is -0.134. The number of ether oxygens (including phenoxy) is 1. The van der Waals surface area contributed by atoms with Crippen LogP contribution >= 0.6 is 0 Å². The molecule has 0 atom stereocenters. The van der Waals surface area contributed by atoms with Crippen LogP contribution in [0.4, 0.5) is 0 Å². The van der Waals surface area contributed by atoms with Crippen molar-refractivity contribution in [2.45, 2.75) is 0 Å². The van der Waals surface area contributed by atoms with Crippen LogP contribution in [-0.2, 0) is 14.3 Å². The Labute approximate surface area is 45.9 Å². The first kappa shape index (κ1) is 5.03. The molecule has 0 aromatic rings. The van der Waals surface area contributed by atoms with Crippen LogP contribution in [-0.4, -0.2) is 11.6 Å². The Bertz CT molecular complexity index is 157. The van der Waals surface area contributed by atoms with Crippen LogP contribution in [0.15, 0.2) is 12.3 Å². The lowest BCUT2D eigenvalue weighted by atomic mass is 10.2. The van der Waals surface area contributed by atoms with Crippen LogP contribution in [0.25, 0.3) is 0 Å². The maximum Gasteiger partial charge on any atom is 0.247 e. The smallest absolute Gasteiger partial charge is 0.247 e. The highest BCUT2D eigenvalue weighted by atomic mass is 16.5. The van der Waals surface area contributed by atoms with Gasteiger partial charge >= 0.3 is 0 Å². The van der Waals surface area contributed by atoms with E-state index in [-0.39, 0.29) is 0 Å². The predicted octanol–water partition coefficient (Wildman–Crippen LogP) is -0.170. The zero-order valence-electron chi connectivity index (χ0n) is 3.96. The highest BCUT2D eigenvalue weighted by Crippen LogP contribution is 1.95. The molecule has 0 spiro atoms. The normalized spacial score (nSPS) is 18.5. The van der Waals surface area contributed by atoms with E-state index < -0.39 is 11.6 Å². The minimum Gasteiger partial charge on any atom is -0.485 e. The number of carbonyl (C=O) groups excluding carboxylic acids is 2. The van der Waals surface area contributed by atoms with Gasteiger partial charge in [0.05, 0.1) is 6.26 Å². The van der Waals surface area contributed by atoms with Gasteiger partial charge in [0.15, 0.2) is 0 Å². The Hall–Kier alpha value is -1.12. The minimum absolute atomic E-state index is 0.531. The van der Waals surface area contributed by atoms with Crippen LogP contribution < -0.4 is 0 Å². The van der Waals surface area contributed by atoms with Crippen molar-refractivity contribution in [2.24, 2.45) is 0 Å². The molecule has 3 heteroatoms. The SMILES string of the molecule is O=C1[CH]OC=CC1=O. The molecule has 1 rings (SSSR count). The van der Waals surface area contributed by atoms with Crippen molar-refractivity contribution in [3.8, 4) is 0 Å². The van der Waals surface area contributed by atoms with Gasteiger partial charge in [0.1, 0.15) is 0 Å². The van der Waals surface area contributed by atoms with Gasteiger partial charge in [0.2, 0.25) is 18.2 Å². The van der Waals surface area contributed by atoms with Crippen LogP contribution in [0.3, 0.4) is 0 Å². The Morgan fingerprint density at radius 2 is 2.00 bits per heavy atom. The summed E-state index contributed by atoms with van der Waals surface area (Å²) in [5.41, 5.74) is 0. The zero-order chi connectivity index (χ0) is 5.98. The fourth-order valence-electron chi connectivity index (χ4n) is 0.342. The number of hydrogen-bond acceptors (Lipinski definition) is 3. The summed E-state index contributed by atoms with van der Waals surface area (Å²) in [5, 5.41) is 0. The number of rotatable bonds is 0. The molecule has 3 nitrogen and oxygen atoms in total. The van der Waals surface area contributed by atoms with Crippen LogP contribution in [0.1, 0.15) is 0 Å². The van der Waals surface area contributed by atoms with Gasteiger partial charge in [-0.25, -0.2) is 0 Å². The molecule has 0 aromatic carbocycles. The van der Waals surface area contributed by atoms with Crippen molar-refractivity contribution in [3.05, 3.63) is 18.9 Å². The van der Waals surface area contributed by atoms with Crippen molar-refractivity contribution in [2.75, 3.05) is 0 Å². The first-order chi connectivity index (χ1) is 3.80. The van der Waals surface area contributed by atoms with Crippen LogP contribution in [0.2, 0.25) is 0 Å². The van der Waals surface area contributed by atoms with E-state index in [1.165, 1.54) is 6.26 Å². The highest BCUT2D eigenvalue weighted by Gasteiger charge is 2.14. The fraction of sp³-hybridized carbons (Fsp3) is 0. The lowest BCUT2D eigenvalue weighted by Crippen LogP contribution is -2.15. The van der Waals surface area contributed by atoms with Gasteiger partial charge in [0, 0.05) is 6.08 Å². The van der Waals surface area contributed by atoms with Gasteiger partial charge < -0.3 is 4.74 Å². The summed E-state index contributed by atoms with van der Waals surface area (Å²) in [6.07, 6.45) is 2.26. The first-order valence-corrected chi connectivity index (χ1v) is 2.04. The molecule has 1 heterocycles. The Morgan fingerprint density at radius 3 is 2.38 bits per heavy atom. The molecule has 0 bridgehead atoms. The molecule has 0 aliphatic carbocycles. The molecule has 1 aliphatic rings. The van der Waals surface area contributed by atoms with Gasteiger partial charge in [-0.2, -0.15) is 0 Å². The molecule has 0 amide bonds. The van der Waals surface area contributed by atoms with E-state index in [0.717, 1.165) is 12.7 Å². The van der Waals surface area contributed by atoms with E-state index in [9.17, 15) is 9.59 Å². The Balaban J connectivity index is 2.75. The van der Waals surface area contributed by atoms with E-state index in [0.29, 0.717) is 0 Å². The second kappa shape index (κ2) is 1.78. The molecule has 0 unspecified atom stereocenters. The molecule has 1 radical (unpaired) electrons. The maximum absolute atomic E-state index is 10.2. The second-order valence-corrected chi connectivity index (χ2v) is 1.29. The third-order valence-corrected chi connectivity index (χ3v) is 0.716. The van der Waals surface area contributed by atoms with Gasteiger partial charge in [-0.1, -0.05) is 0 Å². The van der Waals surface area contributed by atoms with E-state index >= 15 is 0 Å². The average molecular weight is 111 g/mol. The summed E-state index contributed by atoms with van der Waals surface area (Å²) < 4.78 is 4.38. The Kier molecular flexibility index (Phi) is 1.12. The maximum atomic E-state index is 10.2. The lowest BCUT2D eigenvalue weighted by Gasteiger charge is -1.99. The third-order valence-electron chi connectivity index (χ3n) is 0.716. The number of carbonyl (C=O) groups is 2. The average Bonchev–Trinajstić information content (AvgIpc) is 1.77. The third kappa shape index (κ3) is 0.753. The summed E-state index contributed by atoms with van der Waals surface area (Å²) in [7, 11) is 0. The van der Waals surface area contributed by atoms with Gasteiger partial charge in [-0.05, 0) is 0 Å². The fourth-order valence-corrected chi connectivity index (χ4v) is 0.342. The Morgan fingerprint density at radius 1 is 1.25 bits per heavy atom. The van der Waals surface area contributed by atoms with Gasteiger partial charge in [-0.3, -0.25) is 9.59 Å². The van der Waals surface area contributed by atoms with Crippen molar-refractivity contribution in [1.29, 1.82) is 0 Å². The molecule has 0 aromatic heterocycles. The monoisotopic (exact) mass is 111 g/mol. The van der Waals surface area contributed by atoms with Gasteiger partial charge in [-0.15, -0.1) is 0 Å². The van der Waals surface area contributed by atoms with E-state index in [1.54, 1.807) is 0 Å². The van der Waals surface area contributed by atoms with E-state index in [4.69, 9.17) is 0 Å². The largest absolute Gasteiger partial charge is 0.485 e. The molecule has 0 saturated heterocycles. The summed E-state index contributed by atoms with van der Waals surface area (Å²) in [5.74, 6) is -1.14. The zero-order valence-corrected chi connectivity index (χ0v) is 3.96. The molecule has 0 fully saturated rings. The summed E-state index contributed by atoms with van der Waals surface area (Å²) in [6.45, 7) is 0.877. The minimum atomic E-state index is -0.604. The first-order valence-electron chi connectivity index (χ1n) is 2.04. The topological polar surface area (TPSA) is 43.4 Å². The number of ketones is 2. The number of hydrogen-bond donors (Lipinski definition) is 0. The van der Waals surface area contributed by atoms with Crippen molar-refractivity contribution >= 4 is 11.6 Å². The molecular weight excluding hydrogens is 108 g/mol. The highest BCUT2D eigenvalue weighted by molar-refractivity contribution is 6.44. The number of allylic oxidation sites excluding steroid dienone is 1. The quantitative estimate of drug-likeness (QED) is 0.407. The molecule has 41 valence electrons. The van der Waals surface area contributed by atoms with Crippen molar-refractivity contribution in [3.63, 3.8) is 0 Å². The van der Waals surface area contributed by atoms with Crippen LogP contribution in [0, 0.1) is 6.61 Å². The summed E-state index contributed by atoms with van der Waals surface area (Å²) in [6, 6.07) is 0. The molecule has 8 heavy (non-hydrogen) atoms. The number of Topliss-reactive ketones (excluding diaryl/α,β-unsaturated/α-hetero) is 1. The predicted molar refractivity (Wildman–Crippen MR) is 24.5 cm³/mol. The molecule has 0 N–H and O–H groups in total. The van der Waals surface area contributed by atoms with Crippen molar-refractivity contribution < 1.29 is 14.3 Å². The molecule has 0 saturated carbocycles.